The van der Waals surface area contributed by atoms with Gasteiger partial charge in [0, 0.05) is 24.5 Å². The van der Waals surface area contributed by atoms with Crippen molar-refractivity contribution >= 4 is 39.3 Å². The predicted octanol–water partition coefficient (Wildman–Crippen LogP) is 3.12. The molecule has 0 spiro atoms. The number of fused-ring (bicyclic) bond motifs is 1. The highest BCUT2D eigenvalue weighted by Gasteiger charge is 2.36. The highest BCUT2D eigenvalue weighted by Crippen LogP contribution is 2.38. The summed E-state index contributed by atoms with van der Waals surface area (Å²) in [5.41, 5.74) is 0.983. The average Bonchev–Trinajstić information content (AvgIpc) is 3.07. The molecule has 7 nitrogen and oxygen atoms in total. The second kappa shape index (κ2) is 9.60. The Morgan fingerprint density at radius 1 is 1.09 bits per heavy atom. The van der Waals surface area contributed by atoms with E-state index in [1.807, 2.05) is 0 Å². The van der Waals surface area contributed by atoms with Gasteiger partial charge in [-0.1, -0.05) is 25.0 Å². The third-order valence-corrected chi connectivity index (χ3v) is 8.18. The number of carbonyl (C=O) groups excluding carboxylic acids is 2. The van der Waals surface area contributed by atoms with Crippen LogP contribution in [-0.2, 0) is 26.2 Å². The van der Waals surface area contributed by atoms with Gasteiger partial charge in [0.1, 0.15) is 5.82 Å². The Bertz CT molecular complexity index is 1110. The number of thioether (sulfide) groups is 1. The van der Waals surface area contributed by atoms with E-state index >= 15 is 0 Å². The number of benzene rings is 2. The first-order valence-corrected chi connectivity index (χ1v) is 12.8. The summed E-state index contributed by atoms with van der Waals surface area (Å²) in [6, 6.07) is 9.97. The van der Waals surface area contributed by atoms with Crippen molar-refractivity contribution in [3.8, 4) is 0 Å². The van der Waals surface area contributed by atoms with Crippen molar-refractivity contribution in [1.82, 2.24) is 9.62 Å². The van der Waals surface area contributed by atoms with Gasteiger partial charge in [-0.05, 0) is 48.7 Å². The number of anilines is 1. The maximum Gasteiger partial charge on any atom is 0.247 e. The quantitative estimate of drug-likeness (QED) is 0.645. The Morgan fingerprint density at radius 3 is 2.47 bits per heavy atom. The van der Waals surface area contributed by atoms with Gasteiger partial charge in [0.25, 0.3) is 0 Å². The number of carbonyl (C=O) groups is 2. The van der Waals surface area contributed by atoms with Crippen LogP contribution in [0.2, 0.25) is 0 Å². The fourth-order valence-electron chi connectivity index (χ4n) is 3.74. The largest absolute Gasteiger partial charge is 0.341 e. The van der Waals surface area contributed by atoms with Gasteiger partial charge >= 0.3 is 0 Å². The molecule has 0 aromatic heterocycles. The van der Waals surface area contributed by atoms with E-state index in [0.717, 1.165) is 37.4 Å². The van der Waals surface area contributed by atoms with Crippen molar-refractivity contribution < 1.29 is 22.4 Å². The minimum Gasteiger partial charge on any atom is -0.341 e. The number of halogens is 1. The second-order valence-electron chi connectivity index (χ2n) is 7.84. The molecule has 1 fully saturated rings. The molecule has 170 valence electrons. The van der Waals surface area contributed by atoms with E-state index in [1.54, 1.807) is 11.0 Å². The lowest BCUT2D eigenvalue weighted by Crippen LogP contribution is -2.45. The Kier molecular flexibility index (Phi) is 6.82. The van der Waals surface area contributed by atoms with Crippen molar-refractivity contribution in [1.29, 1.82) is 0 Å². The number of rotatable bonds is 5. The molecule has 32 heavy (non-hydrogen) atoms. The Balaban J connectivity index is 1.47. The van der Waals surface area contributed by atoms with Crippen molar-refractivity contribution in [3.05, 3.63) is 53.8 Å². The van der Waals surface area contributed by atoms with Crippen LogP contribution in [0, 0.1) is 5.82 Å². The normalized spacial score (nSPS) is 19.1. The van der Waals surface area contributed by atoms with Crippen LogP contribution >= 0.6 is 11.8 Å². The predicted molar refractivity (Wildman–Crippen MR) is 120 cm³/mol. The molecule has 0 aliphatic carbocycles. The zero-order valence-electron chi connectivity index (χ0n) is 17.3. The zero-order valence-corrected chi connectivity index (χ0v) is 19.0. The van der Waals surface area contributed by atoms with E-state index in [9.17, 15) is 22.4 Å². The molecule has 2 N–H and O–H groups in total. The lowest BCUT2D eigenvalue weighted by atomic mass is 10.2. The Morgan fingerprint density at radius 2 is 1.78 bits per heavy atom. The molecular formula is C22H24FN3O4S2. The first kappa shape index (κ1) is 22.8. The standard InChI is InChI=1S/C22H24FN3O4S2/c23-16-7-5-15(6-8-16)14-24-32(29,30)17-9-10-19-18(13-17)25-21(27)20(31-19)22(28)26-11-3-1-2-4-12-26/h5-10,13,20,24H,1-4,11-12,14H2,(H,25,27)/t20-/m0/s1. The molecular weight excluding hydrogens is 453 g/mol. The molecule has 0 saturated carbocycles. The van der Waals surface area contributed by atoms with Gasteiger partial charge in [-0.15, -0.1) is 11.8 Å². The third-order valence-electron chi connectivity index (χ3n) is 5.52. The summed E-state index contributed by atoms with van der Waals surface area (Å²) in [7, 11) is -3.85. The third kappa shape index (κ3) is 5.13. The molecule has 0 bridgehead atoms. The van der Waals surface area contributed by atoms with Gasteiger partial charge in [-0.2, -0.15) is 0 Å². The summed E-state index contributed by atoms with van der Waals surface area (Å²) in [5.74, 6) is -1.03. The van der Waals surface area contributed by atoms with Gasteiger partial charge < -0.3 is 10.2 Å². The molecule has 2 aliphatic heterocycles. The minimum absolute atomic E-state index is 0.00319. The van der Waals surface area contributed by atoms with Crippen LogP contribution in [0.3, 0.4) is 0 Å². The number of sulfonamides is 1. The second-order valence-corrected chi connectivity index (χ2v) is 10.7. The maximum atomic E-state index is 13.0. The SMILES string of the molecule is O=C1Nc2cc(S(=O)(=O)NCc3ccc(F)cc3)ccc2S[C@@H]1C(=O)N1CCCCCC1. The molecule has 2 amide bonds. The molecule has 4 rings (SSSR count). The van der Waals surface area contributed by atoms with E-state index in [0.29, 0.717) is 29.2 Å². The number of nitrogens with one attached hydrogen (secondary N) is 2. The number of nitrogens with zero attached hydrogens (tertiary/aromatic N) is 1. The summed E-state index contributed by atoms with van der Waals surface area (Å²) >= 11 is 1.15. The molecule has 1 saturated heterocycles. The van der Waals surface area contributed by atoms with Gasteiger partial charge in [0.2, 0.25) is 21.8 Å². The lowest BCUT2D eigenvalue weighted by Gasteiger charge is -2.28. The van der Waals surface area contributed by atoms with Crippen LogP contribution in [0.25, 0.3) is 0 Å². The van der Waals surface area contributed by atoms with Gasteiger partial charge in [-0.25, -0.2) is 17.5 Å². The van der Waals surface area contributed by atoms with Crippen LogP contribution in [0.5, 0.6) is 0 Å². The molecule has 1 atom stereocenters. The van der Waals surface area contributed by atoms with Gasteiger partial charge in [-0.3, -0.25) is 9.59 Å². The van der Waals surface area contributed by atoms with Crippen LogP contribution in [0.1, 0.15) is 31.2 Å². The van der Waals surface area contributed by atoms with Crippen LogP contribution < -0.4 is 10.0 Å². The smallest absolute Gasteiger partial charge is 0.247 e. The first-order valence-electron chi connectivity index (χ1n) is 10.5. The maximum absolute atomic E-state index is 13.0. The van der Waals surface area contributed by atoms with Crippen molar-refractivity contribution in [2.24, 2.45) is 0 Å². The van der Waals surface area contributed by atoms with Crippen molar-refractivity contribution in [3.63, 3.8) is 0 Å². The summed E-state index contributed by atoms with van der Waals surface area (Å²) in [6.45, 7) is 1.33. The van der Waals surface area contributed by atoms with Crippen LogP contribution in [-0.4, -0.2) is 43.5 Å². The fourth-order valence-corrected chi connectivity index (χ4v) is 5.84. The van der Waals surface area contributed by atoms with E-state index in [4.69, 9.17) is 0 Å². The summed E-state index contributed by atoms with van der Waals surface area (Å²) in [6.07, 6.45) is 4.05. The van der Waals surface area contributed by atoms with Gasteiger partial charge in [0.05, 0.1) is 10.6 Å². The van der Waals surface area contributed by atoms with E-state index in [2.05, 4.69) is 10.0 Å². The molecule has 2 aromatic rings. The molecule has 2 aromatic carbocycles. The van der Waals surface area contributed by atoms with Crippen LogP contribution in [0.15, 0.2) is 52.3 Å². The molecule has 10 heteroatoms. The molecule has 2 heterocycles. The highest BCUT2D eigenvalue weighted by molar-refractivity contribution is 8.01. The number of hydrogen-bond acceptors (Lipinski definition) is 5. The Labute approximate surface area is 190 Å². The average molecular weight is 478 g/mol. The summed E-state index contributed by atoms with van der Waals surface area (Å²) < 4.78 is 40.9. The first-order chi connectivity index (χ1) is 15.3. The minimum atomic E-state index is -3.85. The topological polar surface area (TPSA) is 95.6 Å². The highest BCUT2D eigenvalue weighted by atomic mass is 32.2. The van der Waals surface area contributed by atoms with Gasteiger partial charge in [0.15, 0.2) is 5.25 Å². The lowest BCUT2D eigenvalue weighted by molar-refractivity contribution is -0.133. The summed E-state index contributed by atoms with van der Waals surface area (Å²) in [4.78, 5) is 28.0. The fraction of sp³-hybridized carbons (Fsp3) is 0.364. The number of likely N-dealkylation sites (tertiary alicyclic amines) is 1. The Hall–Kier alpha value is -2.43. The zero-order chi connectivity index (χ0) is 22.7. The monoisotopic (exact) mass is 477 g/mol. The number of hydrogen-bond donors (Lipinski definition) is 2. The molecule has 0 radical (unpaired) electrons. The molecule has 2 aliphatic rings. The van der Waals surface area contributed by atoms with E-state index < -0.39 is 27.0 Å². The van der Waals surface area contributed by atoms with Crippen molar-refractivity contribution in [2.75, 3.05) is 18.4 Å². The molecule has 0 unspecified atom stereocenters. The van der Waals surface area contributed by atoms with E-state index in [-0.39, 0.29) is 17.3 Å². The number of amides is 2. The van der Waals surface area contributed by atoms with E-state index in [1.165, 1.54) is 36.4 Å². The van der Waals surface area contributed by atoms with Crippen LogP contribution in [0.4, 0.5) is 10.1 Å². The summed E-state index contributed by atoms with van der Waals surface area (Å²) in [5, 5.41) is 1.82. The van der Waals surface area contributed by atoms with Crippen molar-refractivity contribution in [2.45, 2.75) is 47.3 Å².